The van der Waals surface area contributed by atoms with Crippen LogP contribution in [0.2, 0.25) is 0 Å². The maximum absolute atomic E-state index is 13.3. The zero-order valence-electron chi connectivity index (χ0n) is 17.6. The number of hydrogen-bond donors (Lipinski definition) is 2. The van der Waals surface area contributed by atoms with Crippen LogP contribution in [0.5, 0.6) is 0 Å². The first-order chi connectivity index (χ1) is 14.7. The van der Waals surface area contributed by atoms with Crippen molar-refractivity contribution in [1.82, 2.24) is 9.88 Å². The predicted molar refractivity (Wildman–Crippen MR) is 116 cm³/mol. The molecular weight excluding hydrogens is 400 g/mol. The van der Waals surface area contributed by atoms with Gasteiger partial charge < -0.3 is 15.2 Å². The average Bonchev–Trinajstić information content (AvgIpc) is 2.72. The number of anilines is 1. The van der Waals surface area contributed by atoms with E-state index in [0.717, 1.165) is 46.7 Å². The number of aromatic nitrogens is 1. The normalized spacial score (nSPS) is 15.2. The van der Waals surface area contributed by atoms with E-state index in [4.69, 9.17) is 0 Å². The first-order valence-electron chi connectivity index (χ1n) is 10.3. The molecule has 0 unspecified atom stereocenters. The van der Waals surface area contributed by atoms with Crippen molar-refractivity contribution in [3.63, 3.8) is 0 Å². The summed E-state index contributed by atoms with van der Waals surface area (Å²) < 4.78 is 0.980. The van der Waals surface area contributed by atoms with Crippen molar-refractivity contribution < 1.29 is 14.5 Å². The van der Waals surface area contributed by atoms with Gasteiger partial charge in [0.05, 0.1) is 4.92 Å². The van der Waals surface area contributed by atoms with E-state index in [-0.39, 0.29) is 5.91 Å². The molecule has 2 amide bonds. The van der Waals surface area contributed by atoms with Gasteiger partial charge in [0.25, 0.3) is 0 Å². The van der Waals surface area contributed by atoms with Gasteiger partial charge in [-0.25, -0.2) is 0 Å². The Bertz CT molecular complexity index is 1050. The molecule has 0 spiro atoms. The van der Waals surface area contributed by atoms with Crippen LogP contribution >= 0.6 is 0 Å². The number of nitro groups is 1. The molecule has 164 valence electrons. The second-order valence-corrected chi connectivity index (χ2v) is 8.00. The van der Waals surface area contributed by atoms with Crippen molar-refractivity contribution in [2.75, 3.05) is 5.32 Å². The second-order valence-electron chi connectivity index (χ2n) is 8.00. The maximum atomic E-state index is 13.3. The van der Waals surface area contributed by atoms with Crippen LogP contribution in [0, 0.1) is 24.0 Å². The first-order valence-corrected chi connectivity index (χ1v) is 10.3. The number of carbonyl (C=O) groups is 2. The van der Waals surface area contributed by atoms with Crippen LogP contribution in [0.3, 0.4) is 0 Å². The summed E-state index contributed by atoms with van der Waals surface area (Å²) in [5, 5.41) is 16.8. The molecule has 9 nitrogen and oxygen atoms in total. The molecule has 0 bridgehead atoms. The van der Waals surface area contributed by atoms with E-state index in [1.54, 1.807) is 0 Å². The minimum atomic E-state index is -1.09. The molecule has 2 N–H and O–H groups in total. The van der Waals surface area contributed by atoms with Gasteiger partial charge >= 0.3 is 11.2 Å². The molecule has 1 heterocycles. The van der Waals surface area contributed by atoms with E-state index >= 15 is 0 Å². The lowest BCUT2D eigenvalue weighted by Gasteiger charge is -2.37. The zero-order valence-corrected chi connectivity index (χ0v) is 17.6. The Hall–Kier alpha value is -3.49. The van der Waals surface area contributed by atoms with Gasteiger partial charge in [0.1, 0.15) is 12.1 Å². The van der Waals surface area contributed by atoms with Gasteiger partial charge in [-0.3, -0.25) is 24.5 Å². The largest absolute Gasteiger partial charge is 0.340 e. The van der Waals surface area contributed by atoms with E-state index in [9.17, 15) is 24.5 Å². The number of benzene rings is 1. The Morgan fingerprint density at radius 1 is 1.10 bits per heavy atom. The number of aryl methyl sites for hydroxylation is 2. The first kappa shape index (κ1) is 22.2. The Morgan fingerprint density at radius 3 is 2.35 bits per heavy atom. The minimum absolute atomic E-state index is 0.288. The number of rotatable bonds is 6. The van der Waals surface area contributed by atoms with Crippen molar-refractivity contribution in [2.45, 2.75) is 58.0 Å². The van der Waals surface area contributed by atoms with E-state index < -0.39 is 34.2 Å². The summed E-state index contributed by atoms with van der Waals surface area (Å²) in [4.78, 5) is 48.5. The summed E-state index contributed by atoms with van der Waals surface area (Å²) in [6.07, 6.45) is 4.84. The summed E-state index contributed by atoms with van der Waals surface area (Å²) in [7, 11) is 0. The monoisotopic (exact) mass is 426 g/mol. The highest BCUT2D eigenvalue weighted by Gasteiger charge is 2.41. The second kappa shape index (κ2) is 9.11. The summed E-state index contributed by atoms with van der Waals surface area (Å²) in [5.41, 5.74) is 0.0222. The number of amides is 2. The van der Waals surface area contributed by atoms with Crippen LogP contribution in [0.15, 0.2) is 41.3 Å². The molecule has 1 aromatic heterocycles. The van der Waals surface area contributed by atoms with Gasteiger partial charge in [0.15, 0.2) is 0 Å². The molecule has 0 radical (unpaired) electrons. The zero-order chi connectivity index (χ0) is 22.6. The highest BCUT2D eigenvalue weighted by molar-refractivity contribution is 6.01. The molecule has 1 aliphatic rings. The third-order valence-electron chi connectivity index (χ3n) is 5.75. The lowest BCUT2D eigenvalue weighted by Crippen LogP contribution is -2.58. The van der Waals surface area contributed by atoms with Gasteiger partial charge in [0.2, 0.25) is 11.8 Å². The van der Waals surface area contributed by atoms with Gasteiger partial charge in [-0.05, 0) is 43.9 Å². The number of nitrogens with zero attached hydrogens (tertiary/aromatic N) is 2. The van der Waals surface area contributed by atoms with Crippen LogP contribution in [0.25, 0.3) is 0 Å². The fraction of sp³-hybridized carbons (Fsp3) is 0.409. The van der Waals surface area contributed by atoms with Gasteiger partial charge in [-0.1, -0.05) is 37.5 Å². The van der Waals surface area contributed by atoms with Crippen LogP contribution in [0.4, 0.5) is 11.4 Å². The third kappa shape index (κ3) is 4.82. The molecule has 1 saturated carbocycles. The summed E-state index contributed by atoms with van der Waals surface area (Å²) >= 11 is 0. The summed E-state index contributed by atoms with van der Waals surface area (Å²) in [6, 6.07) is 8.16. The fourth-order valence-corrected chi connectivity index (χ4v) is 4.06. The van der Waals surface area contributed by atoms with E-state index in [1.165, 1.54) is 12.3 Å². The molecule has 0 saturated heterocycles. The summed E-state index contributed by atoms with van der Waals surface area (Å²) in [6.45, 7) is 3.41. The van der Waals surface area contributed by atoms with E-state index in [1.807, 2.05) is 32.0 Å². The SMILES string of the molecule is Cc1cccc(C)c1NC(=O)C1(NC(=O)Cn2cccc([N+](=O)[O-])c2=O)CCCCC1. The van der Waals surface area contributed by atoms with E-state index in [2.05, 4.69) is 10.6 Å². The molecular formula is C22H26N4O5. The molecule has 3 rings (SSSR count). The maximum Gasteiger partial charge on any atom is 0.334 e. The Labute approximate surface area is 179 Å². The summed E-state index contributed by atoms with van der Waals surface area (Å²) in [5.74, 6) is -0.828. The molecule has 9 heteroatoms. The Balaban J connectivity index is 1.82. The lowest BCUT2D eigenvalue weighted by atomic mass is 9.80. The molecule has 1 fully saturated rings. The standard InChI is InChI=1S/C22H26N4O5/c1-15-8-6-9-16(2)19(15)23-21(29)22(11-4-3-5-12-22)24-18(27)14-25-13-7-10-17(20(25)28)26(30)31/h6-10,13H,3-5,11-12,14H2,1-2H3,(H,23,29)(H,24,27). The van der Waals surface area contributed by atoms with Crippen LogP contribution in [-0.4, -0.2) is 26.8 Å². The molecule has 0 atom stereocenters. The van der Waals surface area contributed by atoms with E-state index in [0.29, 0.717) is 12.8 Å². The smallest absolute Gasteiger partial charge is 0.334 e. The number of nitrogens with one attached hydrogen (secondary N) is 2. The molecule has 31 heavy (non-hydrogen) atoms. The quantitative estimate of drug-likeness (QED) is 0.543. The van der Waals surface area contributed by atoms with Crippen LogP contribution in [0.1, 0.15) is 43.2 Å². The Morgan fingerprint density at radius 2 is 1.74 bits per heavy atom. The van der Waals surface area contributed by atoms with Gasteiger partial charge in [-0.15, -0.1) is 0 Å². The Kier molecular flexibility index (Phi) is 6.53. The van der Waals surface area contributed by atoms with Crippen molar-refractivity contribution in [1.29, 1.82) is 0 Å². The number of para-hydroxylation sites is 1. The molecule has 0 aliphatic heterocycles. The highest BCUT2D eigenvalue weighted by atomic mass is 16.6. The number of carbonyl (C=O) groups excluding carboxylic acids is 2. The van der Waals surface area contributed by atoms with Crippen molar-refractivity contribution >= 4 is 23.2 Å². The van der Waals surface area contributed by atoms with Crippen molar-refractivity contribution in [3.8, 4) is 0 Å². The number of pyridine rings is 1. The third-order valence-corrected chi connectivity index (χ3v) is 5.75. The van der Waals surface area contributed by atoms with Crippen LogP contribution < -0.4 is 16.2 Å². The minimum Gasteiger partial charge on any atom is -0.340 e. The van der Waals surface area contributed by atoms with Crippen molar-refractivity contribution in [2.24, 2.45) is 0 Å². The average molecular weight is 426 g/mol. The fourth-order valence-electron chi connectivity index (χ4n) is 4.06. The highest BCUT2D eigenvalue weighted by Crippen LogP contribution is 2.31. The van der Waals surface area contributed by atoms with Gasteiger partial charge in [0, 0.05) is 18.0 Å². The molecule has 1 aliphatic carbocycles. The number of hydrogen-bond acceptors (Lipinski definition) is 5. The molecule has 1 aromatic carbocycles. The van der Waals surface area contributed by atoms with Crippen LogP contribution in [-0.2, 0) is 16.1 Å². The van der Waals surface area contributed by atoms with Gasteiger partial charge in [-0.2, -0.15) is 0 Å². The molecule has 2 aromatic rings. The van der Waals surface area contributed by atoms with Crippen molar-refractivity contribution in [3.05, 3.63) is 68.1 Å². The topological polar surface area (TPSA) is 123 Å². The predicted octanol–water partition coefficient (Wildman–Crippen LogP) is 2.83. The lowest BCUT2D eigenvalue weighted by molar-refractivity contribution is -0.386.